The number of aryl methyl sites for hydroxylation is 1. The largest absolute Gasteiger partial charge is 0.298 e. The van der Waals surface area contributed by atoms with E-state index in [1.165, 1.54) is 0 Å². The number of aromatic nitrogens is 2. The zero-order valence-corrected chi connectivity index (χ0v) is 8.90. The fraction of sp³-hybridized carbons (Fsp3) is 0.0909. The van der Waals surface area contributed by atoms with Gasteiger partial charge in [-0.05, 0) is 18.6 Å². The highest BCUT2D eigenvalue weighted by molar-refractivity contribution is 6.30. The van der Waals surface area contributed by atoms with Gasteiger partial charge in [0.1, 0.15) is 6.29 Å². The second-order valence-electron chi connectivity index (χ2n) is 3.27. The summed E-state index contributed by atoms with van der Waals surface area (Å²) in [6.07, 6.45) is 4.08. The van der Waals surface area contributed by atoms with Crippen molar-refractivity contribution in [2.24, 2.45) is 0 Å². The Morgan fingerprint density at radius 2 is 2.27 bits per heavy atom. The number of carbonyl (C=O) groups excluding carboxylic acids is 1. The molecule has 76 valence electrons. The van der Waals surface area contributed by atoms with Crippen molar-refractivity contribution >= 4 is 17.9 Å². The van der Waals surface area contributed by atoms with E-state index in [4.69, 9.17) is 11.6 Å². The van der Waals surface area contributed by atoms with Crippen LogP contribution in [0.1, 0.15) is 15.9 Å². The number of halogens is 1. The molecule has 0 fully saturated rings. The maximum absolute atomic E-state index is 10.7. The number of hydrogen-bond acceptors (Lipinski definition) is 2. The van der Waals surface area contributed by atoms with Crippen molar-refractivity contribution in [2.75, 3.05) is 0 Å². The number of hydrogen-bond donors (Lipinski definition) is 0. The van der Waals surface area contributed by atoms with Crippen molar-refractivity contribution in [3.8, 4) is 5.69 Å². The van der Waals surface area contributed by atoms with Gasteiger partial charge in [-0.1, -0.05) is 23.7 Å². The van der Waals surface area contributed by atoms with E-state index in [0.29, 0.717) is 10.6 Å². The Labute approximate surface area is 92.3 Å². The third-order valence-corrected chi connectivity index (χ3v) is 2.36. The highest BCUT2D eigenvalue weighted by Gasteiger charge is 2.03. The Kier molecular flexibility index (Phi) is 2.56. The second kappa shape index (κ2) is 3.87. The van der Waals surface area contributed by atoms with Crippen LogP contribution in [-0.4, -0.2) is 16.1 Å². The smallest absolute Gasteiger partial charge is 0.150 e. The highest BCUT2D eigenvalue weighted by Crippen LogP contribution is 2.16. The number of rotatable bonds is 2. The molecule has 0 aliphatic heterocycles. The molecule has 0 bridgehead atoms. The number of benzene rings is 1. The minimum atomic E-state index is 0.575. The van der Waals surface area contributed by atoms with Crippen LogP contribution >= 0.6 is 11.6 Å². The third kappa shape index (κ3) is 1.92. The van der Waals surface area contributed by atoms with E-state index in [9.17, 15) is 4.79 Å². The lowest BCUT2D eigenvalue weighted by Crippen LogP contribution is -1.98. The first-order chi connectivity index (χ1) is 7.20. The normalized spacial score (nSPS) is 10.3. The molecule has 0 aliphatic carbocycles. The third-order valence-electron chi connectivity index (χ3n) is 2.17. The summed E-state index contributed by atoms with van der Waals surface area (Å²) in [5.41, 5.74) is 2.54. The number of aldehydes is 1. The first-order valence-electron chi connectivity index (χ1n) is 4.47. The molecular formula is C11H9ClN2O. The first kappa shape index (κ1) is 9.93. The molecule has 1 aromatic carbocycles. The molecule has 3 nitrogen and oxygen atoms in total. The van der Waals surface area contributed by atoms with E-state index in [-0.39, 0.29) is 0 Å². The second-order valence-corrected chi connectivity index (χ2v) is 3.70. The fourth-order valence-corrected chi connectivity index (χ4v) is 1.52. The van der Waals surface area contributed by atoms with Gasteiger partial charge in [-0.2, -0.15) is 5.10 Å². The molecule has 0 saturated carbocycles. The molecule has 2 rings (SSSR count). The van der Waals surface area contributed by atoms with E-state index < -0.39 is 0 Å². The first-order valence-corrected chi connectivity index (χ1v) is 4.85. The van der Waals surface area contributed by atoms with E-state index in [1.54, 1.807) is 29.2 Å². The molecule has 0 N–H and O–H groups in total. The monoisotopic (exact) mass is 220 g/mol. The maximum atomic E-state index is 10.7. The Hall–Kier alpha value is -1.61. The summed E-state index contributed by atoms with van der Waals surface area (Å²) in [4.78, 5) is 10.7. The lowest BCUT2D eigenvalue weighted by molar-refractivity contribution is 0.112. The van der Waals surface area contributed by atoms with Crippen LogP contribution < -0.4 is 0 Å². The van der Waals surface area contributed by atoms with Crippen molar-refractivity contribution in [1.29, 1.82) is 0 Å². The zero-order chi connectivity index (χ0) is 10.8. The lowest BCUT2D eigenvalue weighted by atomic mass is 10.1. The van der Waals surface area contributed by atoms with Gasteiger partial charge in [0, 0.05) is 11.8 Å². The Morgan fingerprint density at radius 1 is 1.47 bits per heavy atom. The zero-order valence-electron chi connectivity index (χ0n) is 8.14. The van der Waals surface area contributed by atoms with Gasteiger partial charge in [-0.3, -0.25) is 4.79 Å². The van der Waals surface area contributed by atoms with Crippen LogP contribution in [0.15, 0.2) is 30.6 Å². The summed E-state index contributed by atoms with van der Waals surface area (Å²) in [7, 11) is 0. The van der Waals surface area contributed by atoms with E-state index in [1.807, 2.05) is 13.0 Å². The molecule has 0 unspecified atom stereocenters. The van der Waals surface area contributed by atoms with Crippen molar-refractivity contribution in [3.63, 3.8) is 0 Å². The maximum Gasteiger partial charge on any atom is 0.150 e. The summed E-state index contributed by atoms with van der Waals surface area (Å²) in [5, 5.41) is 4.67. The minimum Gasteiger partial charge on any atom is -0.298 e. The van der Waals surface area contributed by atoms with Crippen LogP contribution in [0.3, 0.4) is 0 Å². The van der Waals surface area contributed by atoms with Gasteiger partial charge in [0.15, 0.2) is 0 Å². The molecule has 1 heterocycles. The SMILES string of the molecule is Cc1ccc(C=O)cc1-n1cc(Cl)cn1. The van der Waals surface area contributed by atoms with Crippen LogP contribution in [-0.2, 0) is 0 Å². The Morgan fingerprint density at radius 3 is 2.87 bits per heavy atom. The molecule has 15 heavy (non-hydrogen) atoms. The van der Waals surface area contributed by atoms with E-state index in [2.05, 4.69) is 5.10 Å². The molecule has 0 atom stereocenters. The molecule has 2 aromatic rings. The average Bonchev–Trinajstić information content (AvgIpc) is 2.65. The quantitative estimate of drug-likeness (QED) is 0.730. The van der Waals surface area contributed by atoms with Gasteiger partial charge < -0.3 is 0 Å². The highest BCUT2D eigenvalue weighted by atomic mass is 35.5. The molecule has 0 radical (unpaired) electrons. The van der Waals surface area contributed by atoms with Crippen molar-refractivity contribution in [2.45, 2.75) is 6.92 Å². The van der Waals surface area contributed by atoms with Gasteiger partial charge in [0.05, 0.1) is 16.9 Å². The van der Waals surface area contributed by atoms with Crippen molar-refractivity contribution in [3.05, 3.63) is 46.7 Å². The van der Waals surface area contributed by atoms with Crippen LogP contribution in [0.2, 0.25) is 5.02 Å². The van der Waals surface area contributed by atoms with Gasteiger partial charge in [-0.15, -0.1) is 0 Å². The average molecular weight is 221 g/mol. The predicted molar refractivity (Wildman–Crippen MR) is 58.7 cm³/mol. The van der Waals surface area contributed by atoms with Crippen LogP contribution in [0.25, 0.3) is 5.69 Å². The number of nitrogens with zero attached hydrogens (tertiary/aromatic N) is 2. The standard InChI is InChI=1S/C11H9ClN2O/c1-8-2-3-9(7-15)4-11(8)14-6-10(12)5-13-14/h2-7H,1H3. The van der Waals surface area contributed by atoms with Gasteiger partial charge >= 0.3 is 0 Å². The van der Waals surface area contributed by atoms with Gasteiger partial charge in [-0.25, -0.2) is 4.68 Å². The molecule has 0 amide bonds. The summed E-state index contributed by atoms with van der Waals surface area (Å²) >= 11 is 5.78. The van der Waals surface area contributed by atoms with Crippen molar-refractivity contribution < 1.29 is 4.79 Å². The van der Waals surface area contributed by atoms with E-state index in [0.717, 1.165) is 17.5 Å². The lowest BCUT2D eigenvalue weighted by Gasteiger charge is -2.05. The van der Waals surface area contributed by atoms with Gasteiger partial charge in [0.25, 0.3) is 0 Å². The Balaban J connectivity index is 2.55. The summed E-state index contributed by atoms with van der Waals surface area (Å²) in [5.74, 6) is 0. The molecule has 4 heteroatoms. The molecule has 1 aromatic heterocycles. The molecule has 0 spiro atoms. The van der Waals surface area contributed by atoms with Crippen LogP contribution in [0.5, 0.6) is 0 Å². The fourth-order valence-electron chi connectivity index (χ4n) is 1.38. The van der Waals surface area contributed by atoms with Crippen LogP contribution in [0.4, 0.5) is 0 Å². The van der Waals surface area contributed by atoms with Gasteiger partial charge in [0.2, 0.25) is 0 Å². The molecular weight excluding hydrogens is 212 g/mol. The summed E-state index contributed by atoms with van der Waals surface area (Å²) in [6, 6.07) is 5.44. The summed E-state index contributed by atoms with van der Waals surface area (Å²) in [6.45, 7) is 1.96. The molecule has 0 saturated heterocycles. The minimum absolute atomic E-state index is 0.575. The molecule has 0 aliphatic rings. The number of carbonyl (C=O) groups is 1. The van der Waals surface area contributed by atoms with Crippen molar-refractivity contribution in [1.82, 2.24) is 9.78 Å². The summed E-state index contributed by atoms with van der Waals surface area (Å²) < 4.78 is 1.66. The predicted octanol–water partition coefficient (Wildman–Crippen LogP) is 2.65. The van der Waals surface area contributed by atoms with Crippen LogP contribution in [0, 0.1) is 6.92 Å². The Bertz CT molecular complexity index is 505. The van der Waals surface area contributed by atoms with E-state index >= 15 is 0 Å². The topological polar surface area (TPSA) is 34.9 Å².